The molecule has 0 saturated carbocycles. The summed E-state index contributed by atoms with van der Waals surface area (Å²) in [6.45, 7) is 1.92. The van der Waals surface area contributed by atoms with Crippen LogP contribution in [-0.4, -0.2) is 19.6 Å². The van der Waals surface area contributed by atoms with Crippen molar-refractivity contribution >= 4 is 39.1 Å². The standard InChI is InChI=1S/C16H19N3O3S2/c1-2-15(23-13-5-3-4-11(17)10-13)16(20)19-12-6-8-14(9-7-12)24(18,21)22/h3-10,15H,2,17H2,1H3,(H,19,20)(H2,18,21,22). The van der Waals surface area contributed by atoms with E-state index >= 15 is 0 Å². The number of nitrogens with one attached hydrogen (secondary N) is 1. The third kappa shape index (κ3) is 4.98. The van der Waals surface area contributed by atoms with E-state index in [-0.39, 0.29) is 16.1 Å². The minimum atomic E-state index is -3.74. The molecule has 8 heteroatoms. The van der Waals surface area contributed by atoms with Crippen LogP contribution in [0.15, 0.2) is 58.3 Å². The number of hydrogen-bond acceptors (Lipinski definition) is 5. The van der Waals surface area contributed by atoms with Crippen molar-refractivity contribution in [2.24, 2.45) is 5.14 Å². The molecule has 0 radical (unpaired) electrons. The summed E-state index contributed by atoms with van der Waals surface area (Å²) in [6.07, 6.45) is 0.639. The first-order valence-corrected chi connectivity index (χ1v) is 9.68. The van der Waals surface area contributed by atoms with Crippen molar-refractivity contribution in [2.75, 3.05) is 11.1 Å². The minimum Gasteiger partial charge on any atom is -0.399 e. The largest absolute Gasteiger partial charge is 0.399 e. The molecule has 128 valence electrons. The molecule has 5 N–H and O–H groups in total. The Hall–Kier alpha value is -2.03. The Morgan fingerprint density at radius 3 is 2.42 bits per heavy atom. The summed E-state index contributed by atoms with van der Waals surface area (Å²) in [5.74, 6) is -0.159. The van der Waals surface area contributed by atoms with Crippen molar-refractivity contribution < 1.29 is 13.2 Å². The molecule has 2 rings (SSSR count). The van der Waals surface area contributed by atoms with E-state index in [2.05, 4.69) is 5.32 Å². The smallest absolute Gasteiger partial charge is 0.238 e. The predicted octanol–water partition coefficient (Wildman–Crippen LogP) is 2.43. The van der Waals surface area contributed by atoms with Crippen LogP contribution >= 0.6 is 11.8 Å². The topological polar surface area (TPSA) is 115 Å². The van der Waals surface area contributed by atoms with E-state index in [9.17, 15) is 13.2 Å². The van der Waals surface area contributed by atoms with E-state index in [4.69, 9.17) is 10.9 Å². The first-order chi connectivity index (χ1) is 11.3. The van der Waals surface area contributed by atoms with Crippen LogP contribution in [0, 0.1) is 0 Å². The molecule has 24 heavy (non-hydrogen) atoms. The molecular weight excluding hydrogens is 346 g/mol. The Morgan fingerprint density at radius 2 is 1.88 bits per heavy atom. The highest BCUT2D eigenvalue weighted by molar-refractivity contribution is 8.00. The summed E-state index contributed by atoms with van der Waals surface area (Å²) in [5, 5.41) is 7.54. The number of anilines is 2. The monoisotopic (exact) mass is 365 g/mol. The lowest BCUT2D eigenvalue weighted by Gasteiger charge is -2.15. The van der Waals surface area contributed by atoms with E-state index in [0.717, 1.165) is 4.90 Å². The molecule has 0 aliphatic carbocycles. The zero-order valence-electron chi connectivity index (χ0n) is 13.1. The van der Waals surface area contributed by atoms with Gasteiger partial charge >= 0.3 is 0 Å². The predicted molar refractivity (Wildman–Crippen MR) is 97.2 cm³/mol. The van der Waals surface area contributed by atoms with Crippen molar-refractivity contribution in [3.63, 3.8) is 0 Å². The van der Waals surface area contributed by atoms with E-state index in [1.807, 2.05) is 25.1 Å². The van der Waals surface area contributed by atoms with Gasteiger partial charge in [-0.15, -0.1) is 11.8 Å². The number of carbonyl (C=O) groups excluding carboxylic acids is 1. The SMILES string of the molecule is CCC(Sc1cccc(N)c1)C(=O)Nc1ccc(S(N)(=O)=O)cc1. The van der Waals surface area contributed by atoms with Crippen LogP contribution in [0.3, 0.4) is 0 Å². The van der Waals surface area contributed by atoms with Gasteiger partial charge in [0.2, 0.25) is 15.9 Å². The number of rotatable bonds is 6. The average Bonchev–Trinajstić information content (AvgIpc) is 2.52. The average molecular weight is 365 g/mol. The molecule has 0 fully saturated rings. The van der Waals surface area contributed by atoms with Crippen molar-refractivity contribution in [3.05, 3.63) is 48.5 Å². The minimum absolute atomic E-state index is 0.00155. The Morgan fingerprint density at radius 1 is 1.21 bits per heavy atom. The van der Waals surface area contributed by atoms with Gasteiger partial charge in [0.05, 0.1) is 10.1 Å². The number of benzene rings is 2. The maximum absolute atomic E-state index is 12.4. The molecule has 0 bridgehead atoms. The number of primary sulfonamides is 1. The van der Waals surface area contributed by atoms with Crippen LogP contribution in [0.2, 0.25) is 0 Å². The molecule has 0 aromatic heterocycles. The van der Waals surface area contributed by atoms with E-state index < -0.39 is 10.0 Å². The number of sulfonamides is 1. The number of thioether (sulfide) groups is 1. The van der Waals surface area contributed by atoms with E-state index in [1.54, 1.807) is 6.07 Å². The van der Waals surface area contributed by atoms with Gasteiger partial charge in [0.25, 0.3) is 0 Å². The first kappa shape index (κ1) is 18.3. The normalized spacial score (nSPS) is 12.6. The van der Waals surface area contributed by atoms with Crippen LogP contribution in [0.4, 0.5) is 11.4 Å². The number of amides is 1. The van der Waals surface area contributed by atoms with Gasteiger partial charge in [-0.3, -0.25) is 4.79 Å². The van der Waals surface area contributed by atoms with Crippen LogP contribution in [0.25, 0.3) is 0 Å². The molecule has 0 saturated heterocycles. The molecular formula is C16H19N3O3S2. The van der Waals surface area contributed by atoms with Crippen molar-refractivity contribution in [3.8, 4) is 0 Å². The zero-order valence-corrected chi connectivity index (χ0v) is 14.7. The van der Waals surface area contributed by atoms with Gasteiger partial charge in [-0.25, -0.2) is 13.6 Å². The Kier molecular flexibility index (Phi) is 5.87. The number of nitrogen functional groups attached to an aromatic ring is 1. The van der Waals surface area contributed by atoms with Crippen LogP contribution in [0.1, 0.15) is 13.3 Å². The highest BCUT2D eigenvalue weighted by Gasteiger charge is 2.18. The quantitative estimate of drug-likeness (QED) is 0.537. The molecule has 1 atom stereocenters. The number of nitrogens with two attached hydrogens (primary N) is 2. The van der Waals surface area contributed by atoms with Gasteiger partial charge in [0.1, 0.15) is 0 Å². The summed E-state index contributed by atoms with van der Waals surface area (Å²) < 4.78 is 22.5. The molecule has 0 spiro atoms. The van der Waals surface area contributed by atoms with Gasteiger partial charge in [0, 0.05) is 16.3 Å². The molecule has 6 nitrogen and oxygen atoms in total. The second-order valence-corrected chi connectivity index (χ2v) is 7.98. The fraction of sp³-hybridized carbons (Fsp3) is 0.188. The summed E-state index contributed by atoms with van der Waals surface area (Å²) in [7, 11) is -3.74. The molecule has 0 heterocycles. The molecule has 0 aliphatic heterocycles. The third-order valence-electron chi connectivity index (χ3n) is 3.25. The lowest BCUT2D eigenvalue weighted by molar-refractivity contribution is -0.115. The lowest BCUT2D eigenvalue weighted by Crippen LogP contribution is -2.24. The third-order valence-corrected chi connectivity index (χ3v) is 5.54. The molecule has 1 amide bonds. The first-order valence-electron chi connectivity index (χ1n) is 7.25. The van der Waals surface area contributed by atoms with Gasteiger partial charge in [-0.1, -0.05) is 13.0 Å². The zero-order chi connectivity index (χ0) is 17.7. The highest BCUT2D eigenvalue weighted by Crippen LogP contribution is 2.27. The Bertz CT molecular complexity index is 821. The van der Waals surface area contributed by atoms with E-state index in [1.165, 1.54) is 36.0 Å². The Labute approximate surface area is 145 Å². The maximum Gasteiger partial charge on any atom is 0.238 e. The van der Waals surface area contributed by atoms with Gasteiger partial charge < -0.3 is 11.1 Å². The second kappa shape index (κ2) is 7.69. The number of carbonyl (C=O) groups is 1. The maximum atomic E-state index is 12.4. The highest BCUT2D eigenvalue weighted by atomic mass is 32.2. The van der Waals surface area contributed by atoms with Gasteiger partial charge in [0.15, 0.2) is 0 Å². The molecule has 0 aliphatic rings. The van der Waals surface area contributed by atoms with Crippen molar-refractivity contribution in [2.45, 2.75) is 28.4 Å². The van der Waals surface area contributed by atoms with Crippen LogP contribution < -0.4 is 16.2 Å². The van der Waals surface area contributed by atoms with Crippen LogP contribution in [0.5, 0.6) is 0 Å². The van der Waals surface area contributed by atoms with Gasteiger partial charge in [-0.2, -0.15) is 0 Å². The molecule has 2 aromatic carbocycles. The number of hydrogen-bond donors (Lipinski definition) is 3. The summed E-state index contributed by atoms with van der Waals surface area (Å²) in [5.41, 5.74) is 6.91. The van der Waals surface area contributed by atoms with Gasteiger partial charge in [-0.05, 0) is 48.9 Å². The summed E-state index contributed by atoms with van der Waals surface area (Å²) in [4.78, 5) is 13.3. The fourth-order valence-corrected chi connectivity index (χ4v) is 3.56. The lowest BCUT2D eigenvalue weighted by atomic mass is 10.2. The van der Waals surface area contributed by atoms with Crippen molar-refractivity contribution in [1.82, 2.24) is 0 Å². The fourth-order valence-electron chi connectivity index (χ4n) is 2.03. The molecule has 1 unspecified atom stereocenters. The Balaban J connectivity index is 2.06. The summed E-state index contributed by atoms with van der Waals surface area (Å²) in [6, 6.07) is 13.1. The molecule has 2 aromatic rings. The van der Waals surface area contributed by atoms with Crippen LogP contribution in [-0.2, 0) is 14.8 Å². The summed E-state index contributed by atoms with van der Waals surface area (Å²) >= 11 is 1.43. The van der Waals surface area contributed by atoms with Crippen molar-refractivity contribution in [1.29, 1.82) is 0 Å². The second-order valence-electron chi connectivity index (χ2n) is 5.15. The van der Waals surface area contributed by atoms with E-state index in [0.29, 0.717) is 17.8 Å².